The molecule has 1 aromatic rings. The number of aliphatic hydroxyl groups excluding tert-OH is 1. The van der Waals surface area contributed by atoms with Crippen LogP contribution in [0, 0.1) is 5.92 Å². The van der Waals surface area contributed by atoms with Crippen LogP contribution in [0.5, 0.6) is 5.88 Å². The highest BCUT2D eigenvalue weighted by molar-refractivity contribution is 7.89. The number of sulfonamides is 1. The van der Waals surface area contributed by atoms with E-state index in [1.807, 2.05) is 0 Å². The fourth-order valence-electron chi connectivity index (χ4n) is 3.11. The van der Waals surface area contributed by atoms with E-state index < -0.39 is 10.0 Å². The number of aromatic nitrogens is 1. The Morgan fingerprint density at radius 1 is 1.38 bits per heavy atom. The average Bonchev–Trinajstić information content (AvgIpc) is 2.73. The number of hydrogen-bond donors (Lipinski definition) is 2. The molecule has 1 aromatic heterocycles. The van der Waals surface area contributed by atoms with Crippen molar-refractivity contribution in [3.05, 3.63) is 30.2 Å². The summed E-state index contributed by atoms with van der Waals surface area (Å²) in [7, 11) is -3.68. The van der Waals surface area contributed by atoms with Crippen molar-refractivity contribution < 1.29 is 27.4 Å². The molecule has 0 radical (unpaired) electrons. The van der Waals surface area contributed by atoms with Crippen LogP contribution in [0.25, 0.3) is 0 Å². The number of pyridine rings is 1. The molecule has 10 heteroatoms. The Kier molecular flexibility index (Phi) is 9.15. The molecular formula is C19H28FN3O5S. The molecule has 2 rings (SSSR count). The molecule has 1 aliphatic heterocycles. The lowest BCUT2D eigenvalue weighted by Crippen LogP contribution is -2.38. The van der Waals surface area contributed by atoms with E-state index in [2.05, 4.69) is 4.98 Å². The molecule has 29 heavy (non-hydrogen) atoms. The molecule has 0 amide bonds. The lowest BCUT2D eigenvalue weighted by Gasteiger charge is -2.30. The first-order valence-corrected chi connectivity index (χ1v) is 11.0. The largest absolute Gasteiger partial charge is 0.473 e. The third-order valence-electron chi connectivity index (χ3n) is 4.87. The van der Waals surface area contributed by atoms with Crippen LogP contribution in [0.3, 0.4) is 0 Å². The minimum absolute atomic E-state index is 0.00102. The summed E-state index contributed by atoms with van der Waals surface area (Å²) < 4.78 is 44.8. The van der Waals surface area contributed by atoms with Gasteiger partial charge in [0, 0.05) is 50.7 Å². The van der Waals surface area contributed by atoms with Gasteiger partial charge in [-0.2, -0.15) is 4.31 Å². The quantitative estimate of drug-likeness (QED) is 0.545. The first-order chi connectivity index (χ1) is 13.9. The number of Topliss-reactive ketones (excluding diaryl/α,β-unsaturated/α-hetero) is 1. The van der Waals surface area contributed by atoms with Crippen molar-refractivity contribution in [1.82, 2.24) is 9.29 Å². The topological polar surface area (TPSA) is 123 Å². The summed E-state index contributed by atoms with van der Waals surface area (Å²) in [6, 6.07) is 2.83. The number of hydrogen-bond acceptors (Lipinski definition) is 7. The maximum Gasteiger partial charge on any atom is 0.244 e. The highest BCUT2D eigenvalue weighted by atomic mass is 32.2. The normalized spacial score (nSPS) is 16.7. The van der Waals surface area contributed by atoms with E-state index >= 15 is 0 Å². The van der Waals surface area contributed by atoms with Gasteiger partial charge in [0.15, 0.2) is 0 Å². The molecule has 0 bridgehead atoms. The SMILES string of the molecule is NC/C(=C/F)COc1ccc(S(=O)(=O)N2CCC(CC(=O)CCCO)CC2)cn1. The molecule has 0 aromatic carbocycles. The molecule has 0 unspecified atom stereocenters. The van der Waals surface area contributed by atoms with Gasteiger partial charge >= 0.3 is 0 Å². The van der Waals surface area contributed by atoms with Crippen molar-refractivity contribution in [3.63, 3.8) is 0 Å². The molecule has 1 aliphatic rings. The smallest absolute Gasteiger partial charge is 0.244 e. The Bertz CT molecular complexity index is 791. The molecule has 162 valence electrons. The lowest BCUT2D eigenvalue weighted by molar-refractivity contribution is -0.120. The molecule has 8 nitrogen and oxygen atoms in total. The zero-order valence-electron chi connectivity index (χ0n) is 16.3. The van der Waals surface area contributed by atoms with Crippen LogP contribution in [0.2, 0.25) is 0 Å². The van der Waals surface area contributed by atoms with E-state index in [0.29, 0.717) is 51.5 Å². The molecule has 1 saturated heterocycles. The Labute approximate surface area is 170 Å². The molecule has 3 N–H and O–H groups in total. The summed E-state index contributed by atoms with van der Waals surface area (Å²) in [6.07, 6.45) is 4.10. The van der Waals surface area contributed by atoms with Crippen LogP contribution >= 0.6 is 0 Å². The number of carbonyl (C=O) groups is 1. The Morgan fingerprint density at radius 2 is 2.10 bits per heavy atom. The second kappa shape index (κ2) is 11.3. The lowest BCUT2D eigenvalue weighted by atomic mass is 9.91. The number of nitrogens with zero attached hydrogens (tertiary/aromatic N) is 2. The monoisotopic (exact) mass is 429 g/mol. The number of nitrogens with two attached hydrogens (primary N) is 1. The first kappa shape index (κ1) is 23.4. The van der Waals surface area contributed by atoms with Crippen molar-refractivity contribution >= 4 is 15.8 Å². The van der Waals surface area contributed by atoms with Crippen molar-refractivity contribution in [1.29, 1.82) is 0 Å². The zero-order chi connectivity index (χ0) is 21.3. The summed E-state index contributed by atoms with van der Waals surface area (Å²) in [6.45, 7) is 0.656. The number of aliphatic hydroxyl groups is 1. The van der Waals surface area contributed by atoms with Gasteiger partial charge in [-0.1, -0.05) is 0 Å². The second-order valence-corrected chi connectivity index (χ2v) is 8.95. The summed E-state index contributed by atoms with van der Waals surface area (Å²) in [4.78, 5) is 15.9. The van der Waals surface area contributed by atoms with Gasteiger partial charge in [-0.3, -0.25) is 4.79 Å². The molecule has 0 atom stereocenters. The van der Waals surface area contributed by atoms with Crippen LogP contribution in [-0.2, 0) is 14.8 Å². The van der Waals surface area contributed by atoms with Gasteiger partial charge in [0.05, 0.1) is 12.5 Å². The van der Waals surface area contributed by atoms with Gasteiger partial charge in [0.2, 0.25) is 15.9 Å². The predicted molar refractivity (Wildman–Crippen MR) is 105 cm³/mol. The Hall–Kier alpha value is -1.88. The summed E-state index contributed by atoms with van der Waals surface area (Å²) in [5, 5.41) is 8.79. The molecule has 0 aliphatic carbocycles. The number of carbonyl (C=O) groups excluding carboxylic acids is 1. The maximum atomic E-state index is 12.8. The van der Waals surface area contributed by atoms with Crippen LogP contribution in [0.15, 0.2) is 35.1 Å². The van der Waals surface area contributed by atoms with Crippen molar-refractivity contribution in [2.75, 3.05) is 32.8 Å². The van der Waals surface area contributed by atoms with E-state index in [1.165, 1.54) is 22.6 Å². The highest BCUT2D eigenvalue weighted by Gasteiger charge is 2.30. The van der Waals surface area contributed by atoms with Crippen molar-refractivity contribution in [3.8, 4) is 5.88 Å². The number of ketones is 1. The number of ether oxygens (including phenoxy) is 1. The average molecular weight is 430 g/mol. The summed E-state index contributed by atoms with van der Waals surface area (Å²) in [5.74, 6) is 0.458. The Morgan fingerprint density at radius 3 is 2.66 bits per heavy atom. The fraction of sp³-hybridized carbons (Fsp3) is 0.579. The third-order valence-corrected chi connectivity index (χ3v) is 6.75. The minimum Gasteiger partial charge on any atom is -0.473 e. The minimum atomic E-state index is -3.68. The van der Waals surface area contributed by atoms with Gasteiger partial charge in [0.1, 0.15) is 17.3 Å². The maximum absolute atomic E-state index is 12.8. The summed E-state index contributed by atoms with van der Waals surface area (Å²) in [5.41, 5.74) is 5.61. The summed E-state index contributed by atoms with van der Waals surface area (Å²) >= 11 is 0. The fourth-order valence-corrected chi connectivity index (χ4v) is 4.52. The van der Waals surface area contributed by atoms with E-state index in [-0.39, 0.29) is 47.8 Å². The van der Waals surface area contributed by atoms with E-state index in [0.717, 1.165) is 0 Å². The van der Waals surface area contributed by atoms with Crippen LogP contribution in [-0.4, -0.2) is 61.4 Å². The predicted octanol–water partition coefficient (Wildman–Crippen LogP) is 1.40. The number of halogens is 1. The molecule has 0 saturated carbocycles. The van der Waals surface area contributed by atoms with E-state index in [4.69, 9.17) is 15.6 Å². The second-order valence-electron chi connectivity index (χ2n) is 7.01. The van der Waals surface area contributed by atoms with Crippen LogP contribution in [0.1, 0.15) is 32.1 Å². The van der Waals surface area contributed by atoms with E-state index in [1.54, 1.807) is 0 Å². The van der Waals surface area contributed by atoms with Gasteiger partial charge in [-0.15, -0.1) is 0 Å². The molecule has 1 fully saturated rings. The van der Waals surface area contributed by atoms with Crippen LogP contribution < -0.4 is 10.5 Å². The van der Waals surface area contributed by atoms with Gasteiger partial charge in [-0.05, 0) is 31.2 Å². The van der Waals surface area contributed by atoms with Crippen LogP contribution in [0.4, 0.5) is 4.39 Å². The van der Waals surface area contributed by atoms with Gasteiger partial charge in [-0.25, -0.2) is 17.8 Å². The van der Waals surface area contributed by atoms with Gasteiger partial charge in [0.25, 0.3) is 0 Å². The van der Waals surface area contributed by atoms with Gasteiger partial charge < -0.3 is 15.6 Å². The molecule has 0 spiro atoms. The number of rotatable bonds is 11. The third kappa shape index (κ3) is 6.84. The number of piperidine rings is 1. The highest BCUT2D eigenvalue weighted by Crippen LogP contribution is 2.26. The van der Waals surface area contributed by atoms with Crippen molar-refractivity contribution in [2.24, 2.45) is 11.7 Å². The molecule has 2 heterocycles. The standard InChI is InChI=1S/C19H28FN3O5S/c20-11-16(12-21)14-28-19-4-3-18(13-22-19)29(26,27)23-7-5-15(6-8-23)10-17(25)2-1-9-24/h3-4,11,13,15,24H,1-2,5-10,12,14,21H2/b16-11-. The van der Waals surface area contributed by atoms with Crippen molar-refractivity contribution in [2.45, 2.75) is 37.0 Å². The Balaban J connectivity index is 1.90. The first-order valence-electron chi connectivity index (χ1n) is 9.60. The zero-order valence-corrected chi connectivity index (χ0v) is 17.1. The van der Waals surface area contributed by atoms with E-state index in [9.17, 15) is 17.6 Å². The molecular weight excluding hydrogens is 401 g/mol.